The summed E-state index contributed by atoms with van der Waals surface area (Å²) in [5.41, 5.74) is 5.00. The minimum Gasteiger partial charge on any atom is -0.371 e. The molecule has 3 heterocycles. The second-order valence-electron chi connectivity index (χ2n) is 12.3. The van der Waals surface area contributed by atoms with Gasteiger partial charge in [-0.05, 0) is 91.3 Å². The number of fused-ring (bicyclic) bond motifs is 1. The van der Waals surface area contributed by atoms with Crippen molar-refractivity contribution >= 4 is 17.4 Å². The van der Waals surface area contributed by atoms with Gasteiger partial charge in [-0.2, -0.15) is 0 Å². The van der Waals surface area contributed by atoms with Crippen LogP contribution in [-0.4, -0.2) is 49.9 Å². The van der Waals surface area contributed by atoms with Crippen LogP contribution in [0.2, 0.25) is 0 Å². The molecular formula is C31H45N3S. The third-order valence-electron chi connectivity index (χ3n) is 8.41. The number of hydrogen-bond donors (Lipinski definition) is 1. The summed E-state index contributed by atoms with van der Waals surface area (Å²) in [7, 11) is 0. The topological polar surface area (TPSA) is 18.5 Å². The fourth-order valence-electron chi connectivity index (χ4n) is 6.98. The monoisotopic (exact) mass is 491 g/mol. The Morgan fingerprint density at radius 3 is 2.40 bits per heavy atom. The van der Waals surface area contributed by atoms with E-state index in [9.17, 15) is 0 Å². The van der Waals surface area contributed by atoms with Crippen molar-refractivity contribution in [1.29, 1.82) is 0 Å². The minimum absolute atomic E-state index is 0.134. The van der Waals surface area contributed by atoms with Crippen LogP contribution in [0.3, 0.4) is 0 Å². The van der Waals surface area contributed by atoms with Gasteiger partial charge in [0.2, 0.25) is 0 Å². The fraction of sp³-hybridized carbons (Fsp3) is 0.613. The predicted molar refractivity (Wildman–Crippen MR) is 152 cm³/mol. The standard InChI is InChI=1S/C31H45N3S/c1-5-35-28-12-10-27(11-13-28)34-21-24(22-34)20-33-18-15-26(16-19-33)31(23-30(2,3)4)29-9-7-6-8-25(29)14-17-32-31/h6-13,24,26,32H,5,14-23H2,1-4H3. The van der Waals surface area contributed by atoms with E-state index in [0.29, 0.717) is 5.41 Å². The second-order valence-corrected chi connectivity index (χ2v) is 13.7. The number of piperidine rings is 1. The third-order valence-corrected chi connectivity index (χ3v) is 9.31. The summed E-state index contributed by atoms with van der Waals surface area (Å²) >= 11 is 1.92. The predicted octanol–water partition coefficient (Wildman–Crippen LogP) is 6.42. The lowest BCUT2D eigenvalue weighted by Crippen LogP contribution is -2.57. The van der Waals surface area contributed by atoms with Crippen LogP contribution in [0.15, 0.2) is 53.4 Å². The molecule has 1 atom stereocenters. The maximum atomic E-state index is 4.10. The summed E-state index contributed by atoms with van der Waals surface area (Å²) < 4.78 is 0. The van der Waals surface area contributed by atoms with Crippen LogP contribution in [0, 0.1) is 17.3 Å². The van der Waals surface area contributed by atoms with Gasteiger partial charge in [-0.1, -0.05) is 52.0 Å². The highest BCUT2D eigenvalue weighted by Crippen LogP contribution is 2.47. The van der Waals surface area contributed by atoms with Gasteiger partial charge in [0.05, 0.1) is 0 Å². The molecule has 2 fully saturated rings. The van der Waals surface area contributed by atoms with Crippen LogP contribution in [0.4, 0.5) is 5.69 Å². The van der Waals surface area contributed by atoms with Gasteiger partial charge >= 0.3 is 0 Å². The van der Waals surface area contributed by atoms with Gasteiger partial charge in [0, 0.05) is 48.2 Å². The van der Waals surface area contributed by atoms with E-state index in [4.69, 9.17) is 0 Å². The Labute approximate surface area is 218 Å². The van der Waals surface area contributed by atoms with E-state index in [1.807, 2.05) is 11.8 Å². The van der Waals surface area contributed by atoms with Crippen molar-refractivity contribution < 1.29 is 0 Å². The Morgan fingerprint density at radius 1 is 1.00 bits per heavy atom. The zero-order valence-electron chi connectivity index (χ0n) is 22.4. The zero-order chi connectivity index (χ0) is 24.5. The normalized spacial score (nSPS) is 24.3. The summed E-state index contributed by atoms with van der Waals surface area (Å²) in [6, 6.07) is 18.5. The number of benzene rings is 2. The molecule has 1 N–H and O–H groups in total. The summed E-state index contributed by atoms with van der Waals surface area (Å²) in [5.74, 6) is 2.67. The van der Waals surface area contributed by atoms with Crippen molar-refractivity contribution in [2.45, 2.75) is 63.8 Å². The highest BCUT2D eigenvalue weighted by Gasteiger charge is 2.46. The van der Waals surface area contributed by atoms with Gasteiger partial charge in [0.1, 0.15) is 0 Å². The average Bonchev–Trinajstić information content (AvgIpc) is 2.82. The Bertz CT molecular complexity index is 967. The van der Waals surface area contributed by atoms with E-state index in [2.05, 4.69) is 91.3 Å². The van der Waals surface area contributed by atoms with Gasteiger partial charge in [-0.3, -0.25) is 0 Å². The molecule has 0 saturated carbocycles. The smallest absolute Gasteiger partial charge is 0.0471 e. The SMILES string of the molecule is CCSc1ccc(N2CC(CN3CCC(C4(CC(C)(C)C)NCCc5ccccc54)CC3)C2)cc1. The Balaban J connectivity index is 1.18. The molecule has 2 aromatic carbocycles. The molecule has 190 valence electrons. The summed E-state index contributed by atoms with van der Waals surface area (Å²) in [5, 5.41) is 4.10. The lowest BCUT2D eigenvalue weighted by atomic mass is 9.64. The number of thioether (sulfide) groups is 1. The molecule has 5 rings (SSSR count). The summed E-state index contributed by atoms with van der Waals surface area (Å²) in [4.78, 5) is 6.70. The molecule has 1 unspecified atom stereocenters. The zero-order valence-corrected chi connectivity index (χ0v) is 23.2. The number of likely N-dealkylation sites (tertiary alicyclic amines) is 1. The van der Waals surface area contributed by atoms with Crippen molar-refractivity contribution in [2.24, 2.45) is 17.3 Å². The molecule has 3 aliphatic rings. The number of rotatable bonds is 7. The second kappa shape index (κ2) is 10.5. The maximum absolute atomic E-state index is 4.10. The van der Waals surface area contributed by atoms with Crippen LogP contribution in [0.1, 0.15) is 58.1 Å². The molecule has 0 radical (unpaired) electrons. The Morgan fingerprint density at radius 2 is 1.71 bits per heavy atom. The van der Waals surface area contributed by atoms with Crippen molar-refractivity contribution in [3.63, 3.8) is 0 Å². The van der Waals surface area contributed by atoms with Gasteiger partial charge in [0.25, 0.3) is 0 Å². The molecule has 35 heavy (non-hydrogen) atoms. The Hall–Kier alpha value is -1.49. The van der Waals surface area contributed by atoms with Crippen LogP contribution >= 0.6 is 11.8 Å². The molecule has 3 aliphatic heterocycles. The van der Waals surface area contributed by atoms with Gasteiger partial charge < -0.3 is 15.1 Å². The van der Waals surface area contributed by atoms with Crippen LogP contribution < -0.4 is 10.2 Å². The lowest BCUT2D eigenvalue weighted by molar-refractivity contribution is 0.0597. The van der Waals surface area contributed by atoms with E-state index < -0.39 is 0 Å². The van der Waals surface area contributed by atoms with Crippen LogP contribution in [0.5, 0.6) is 0 Å². The first-order valence-electron chi connectivity index (χ1n) is 13.9. The molecule has 0 aromatic heterocycles. The van der Waals surface area contributed by atoms with Crippen molar-refractivity contribution in [2.75, 3.05) is 49.9 Å². The molecule has 0 spiro atoms. The number of nitrogens with zero attached hydrogens (tertiary/aromatic N) is 2. The number of nitrogens with one attached hydrogen (secondary N) is 1. The highest BCUT2D eigenvalue weighted by molar-refractivity contribution is 7.99. The van der Waals surface area contributed by atoms with E-state index in [1.54, 1.807) is 11.1 Å². The molecule has 3 nitrogen and oxygen atoms in total. The first-order chi connectivity index (χ1) is 16.9. The van der Waals surface area contributed by atoms with E-state index in [1.165, 1.54) is 69.0 Å². The van der Waals surface area contributed by atoms with Crippen molar-refractivity contribution in [3.8, 4) is 0 Å². The van der Waals surface area contributed by atoms with Gasteiger partial charge in [0.15, 0.2) is 0 Å². The van der Waals surface area contributed by atoms with Crippen LogP contribution in [0.25, 0.3) is 0 Å². The molecule has 4 heteroatoms. The first-order valence-corrected chi connectivity index (χ1v) is 14.9. The quantitative estimate of drug-likeness (QED) is 0.450. The molecule has 0 bridgehead atoms. The molecule has 2 aromatic rings. The van der Waals surface area contributed by atoms with E-state index in [0.717, 1.165) is 24.1 Å². The molecule has 0 aliphatic carbocycles. The van der Waals surface area contributed by atoms with Gasteiger partial charge in [-0.15, -0.1) is 11.8 Å². The van der Waals surface area contributed by atoms with E-state index in [-0.39, 0.29) is 5.54 Å². The van der Waals surface area contributed by atoms with Crippen molar-refractivity contribution in [1.82, 2.24) is 10.2 Å². The summed E-state index contributed by atoms with van der Waals surface area (Å²) in [6.07, 6.45) is 5.00. The minimum atomic E-state index is 0.134. The number of anilines is 1. The van der Waals surface area contributed by atoms with E-state index >= 15 is 0 Å². The molecule has 2 saturated heterocycles. The summed E-state index contributed by atoms with van der Waals surface area (Å²) in [6.45, 7) is 16.8. The van der Waals surface area contributed by atoms with Crippen LogP contribution in [-0.2, 0) is 12.0 Å². The Kier molecular flexibility index (Phi) is 7.53. The molecular weight excluding hydrogens is 446 g/mol. The average molecular weight is 492 g/mol. The molecule has 0 amide bonds. The lowest BCUT2D eigenvalue weighted by Gasteiger charge is -2.52. The first kappa shape index (κ1) is 25.2. The van der Waals surface area contributed by atoms with Crippen molar-refractivity contribution in [3.05, 3.63) is 59.7 Å². The largest absolute Gasteiger partial charge is 0.371 e. The number of hydrogen-bond acceptors (Lipinski definition) is 4. The fourth-order valence-corrected chi connectivity index (χ4v) is 7.64. The third kappa shape index (κ3) is 5.60. The van der Waals surface area contributed by atoms with Gasteiger partial charge in [-0.25, -0.2) is 0 Å². The highest BCUT2D eigenvalue weighted by atomic mass is 32.2. The maximum Gasteiger partial charge on any atom is 0.0471 e.